The van der Waals surface area contributed by atoms with E-state index < -0.39 is 0 Å². The summed E-state index contributed by atoms with van der Waals surface area (Å²) in [7, 11) is 0. The largest absolute Gasteiger partial charge is 0.356 e. The number of fused-ring (bicyclic) bond motifs is 12. The van der Waals surface area contributed by atoms with Crippen molar-refractivity contribution >= 4 is 194 Å². The highest BCUT2D eigenvalue weighted by Crippen LogP contribution is 2.44. The highest BCUT2D eigenvalue weighted by Gasteiger charge is 2.17. The number of hydrogen-bond donors (Lipinski definition) is 1. The lowest BCUT2D eigenvalue weighted by Gasteiger charge is -2.25. The van der Waals surface area contributed by atoms with Gasteiger partial charge in [0.1, 0.15) is 0 Å². The summed E-state index contributed by atoms with van der Waals surface area (Å²) in [6, 6.07) is 76.9. The van der Waals surface area contributed by atoms with Gasteiger partial charge >= 0.3 is 0 Å². The molecule has 14 aromatic rings. The van der Waals surface area contributed by atoms with E-state index in [1.165, 1.54) is 80.7 Å². The number of anilines is 5. The van der Waals surface area contributed by atoms with Gasteiger partial charge in [-0.2, -0.15) is 0 Å². The van der Waals surface area contributed by atoms with Crippen molar-refractivity contribution in [2.75, 3.05) is 10.2 Å². The summed E-state index contributed by atoms with van der Waals surface area (Å²) in [5, 5.41) is 15.4. The zero-order valence-electron chi connectivity index (χ0n) is 36.5. The monoisotopic (exact) mass is 1060 g/mol. The molecule has 0 spiro atoms. The standard InChI is InChI=1S/C30H18ClNS2.C18H13NS.C12H6BrClS/c31-19-10-13-24-26-18-22(12-15-29(26)34-30(24)16-19)32(20-6-2-1-3-7-20)21-11-14-28-25(17-21)23-8-4-5-9-27(23)33-28;1-2-6-13(7-3-1)19-14-10-11-18-16(12-14)15-8-4-5-9-17(15)20-18;13-7-1-4-11-10(5-7)9-3-2-8(14)6-12(9)15-11/h1-18H;1-12,19H;1-6H. The SMILES string of the molecule is Clc1ccc2c(c1)sc1ccc(Br)cc12.Clc1ccc2c(c1)sc1ccc(N(c3ccccc3)c3ccc4sc5ccccc5c4c3)cc12.c1ccc(Nc2ccc3sc4ccccc4c3c2)cc1. The Balaban J connectivity index is 0.000000119. The molecule has 0 aliphatic carbocycles. The van der Waals surface area contributed by atoms with Crippen molar-refractivity contribution in [3.63, 3.8) is 0 Å². The van der Waals surface area contributed by atoms with Gasteiger partial charge in [-0.15, -0.1) is 45.3 Å². The van der Waals surface area contributed by atoms with Gasteiger partial charge in [0.25, 0.3) is 0 Å². The maximum atomic E-state index is 6.27. The molecule has 69 heavy (non-hydrogen) atoms. The lowest BCUT2D eigenvalue weighted by Crippen LogP contribution is -2.09. The van der Waals surface area contributed by atoms with Gasteiger partial charge in [-0.3, -0.25) is 0 Å². The number of para-hydroxylation sites is 2. The fourth-order valence-electron chi connectivity index (χ4n) is 8.97. The second kappa shape index (κ2) is 18.9. The molecule has 0 unspecified atom stereocenters. The molecule has 0 amide bonds. The number of rotatable bonds is 5. The van der Waals surface area contributed by atoms with Crippen LogP contribution in [0.5, 0.6) is 0 Å². The van der Waals surface area contributed by atoms with E-state index in [4.69, 9.17) is 23.2 Å². The van der Waals surface area contributed by atoms with Crippen LogP contribution in [0, 0.1) is 0 Å². The first kappa shape index (κ1) is 44.0. The van der Waals surface area contributed by atoms with Gasteiger partial charge in [-0.25, -0.2) is 0 Å². The Labute approximate surface area is 433 Å². The molecule has 14 rings (SSSR count). The normalized spacial score (nSPS) is 11.4. The summed E-state index contributed by atoms with van der Waals surface area (Å²) in [5.41, 5.74) is 5.69. The highest BCUT2D eigenvalue weighted by molar-refractivity contribution is 9.10. The topological polar surface area (TPSA) is 15.3 Å². The fraction of sp³-hybridized carbons (Fsp3) is 0. The van der Waals surface area contributed by atoms with E-state index in [1.807, 2.05) is 59.1 Å². The van der Waals surface area contributed by atoms with Crippen molar-refractivity contribution in [2.45, 2.75) is 0 Å². The van der Waals surface area contributed by atoms with Crippen LogP contribution in [-0.2, 0) is 0 Å². The van der Waals surface area contributed by atoms with Crippen LogP contribution in [0.15, 0.2) is 223 Å². The molecule has 1 N–H and O–H groups in total. The van der Waals surface area contributed by atoms with E-state index in [1.54, 1.807) is 22.7 Å². The first-order chi connectivity index (χ1) is 33.9. The first-order valence-electron chi connectivity index (χ1n) is 22.3. The van der Waals surface area contributed by atoms with Crippen LogP contribution in [0.3, 0.4) is 0 Å². The molecule has 0 fully saturated rings. The lowest BCUT2D eigenvalue weighted by molar-refractivity contribution is 1.30. The maximum absolute atomic E-state index is 6.27. The maximum Gasteiger partial charge on any atom is 0.0468 e. The molecule has 4 aromatic heterocycles. The van der Waals surface area contributed by atoms with Crippen molar-refractivity contribution in [3.8, 4) is 0 Å². The van der Waals surface area contributed by atoms with Crippen LogP contribution in [-0.4, -0.2) is 0 Å². The zero-order chi connectivity index (χ0) is 46.4. The molecular weight excluding hydrogens is 1030 g/mol. The number of hydrogen-bond acceptors (Lipinski definition) is 6. The molecule has 0 saturated heterocycles. The molecule has 0 atom stereocenters. The molecule has 0 aliphatic heterocycles. The Morgan fingerprint density at radius 2 is 0.725 bits per heavy atom. The Hall–Kier alpha value is -6.26. The minimum Gasteiger partial charge on any atom is -0.356 e. The summed E-state index contributed by atoms with van der Waals surface area (Å²) >= 11 is 23.0. The van der Waals surface area contributed by atoms with Crippen LogP contribution >= 0.6 is 84.5 Å². The highest BCUT2D eigenvalue weighted by atomic mass is 79.9. The van der Waals surface area contributed by atoms with Gasteiger partial charge in [-0.1, -0.05) is 124 Å². The molecule has 0 saturated carbocycles. The quantitative estimate of drug-likeness (QED) is 0.185. The second-order valence-electron chi connectivity index (χ2n) is 16.6. The van der Waals surface area contributed by atoms with Crippen molar-refractivity contribution in [1.29, 1.82) is 0 Å². The Kier molecular flexibility index (Phi) is 12.1. The van der Waals surface area contributed by atoms with E-state index in [0.717, 1.165) is 43.0 Å². The zero-order valence-corrected chi connectivity index (χ0v) is 42.9. The lowest BCUT2D eigenvalue weighted by atomic mass is 10.1. The van der Waals surface area contributed by atoms with Gasteiger partial charge in [0.05, 0.1) is 0 Å². The van der Waals surface area contributed by atoms with Gasteiger partial charge in [0.15, 0.2) is 0 Å². The minimum atomic E-state index is 0.779. The predicted octanol–water partition coefficient (Wildman–Crippen LogP) is 21.8. The Morgan fingerprint density at radius 3 is 1.29 bits per heavy atom. The van der Waals surface area contributed by atoms with E-state index in [0.29, 0.717) is 0 Å². The third kappa shape index (κ3) is 8.86. The molecule has 9 heteroatoms. The van der Waals surface area contributed by atoms with Crippen LogP contribution in [0.25, 0.3) is 80.7 Å². The molecule has 10 aromatic carbocycles. The van der Waals surface area contributed by atoms with E-state index in [-0.39, 0.29) is 0 Å². The molecule has 4 heterocycles. The first-order valence-corrected chi connectivity index (χ1v) is 27.1. The van der Waals surface area contributed by atoms with Gasteiger partial charge in [0, 0.05) is 124 Å². The van der Waals surface area contributed by atoms with Crippen molar-refractivity contribution in [2.24, 2.45) is 0 Å². The van der Waals surface area contributed by atoms with Crippen LogP contribution in [0.1, 0.15) is 0 Å². The Morgan fingerprint density at radius 1 is 0.304 bits per heavy atom. The smallest absolute Gasteiger partial charge is 0.0468 e. The van der Waals surface area contributed by atoms with Crippen molar-refractivity contribution < 1.29 is 0 Å². The van der Waals surface area contributed by atoms with Crippen molar-refractivity contribution in [3.05, 3.63) is 233 Å². The molecule has 0 aliphatic rings. The van der Waals surface area contributed by atoms with E-state index >= 15 is 0 Å². The molecule has 2 nitrogen and oxygen atoms in total. The number of nitrogens with one attached hydrogen (secondary N) is 1. The van der Waals surface area contributed by atoms with Crippen LogP contribution in [0.4, 0.5) is 28.4 Å². The van der Waals surface area contributed by atoms with Crippen LogP contribution < -0.4 is 10.2 Å². The third-order valence-corrected chi connectivity index (χ3v) is 17.7. The van der Waals surface area contributed by atoms with Crippen molar-refractivity contribution in [1.82, 2.24) is 0 Å². The number of thiophene rings is 4. The molecule has 0 radical (unpaired) electrons. The second-order valence-corrected chi connectivity index (χ2v) is 22.7. The molecule has 0 bridgehead atoms. The predicted molar refractivity (Wildman–Crippen MR) is 313 cm³/mol. The third-order valence-electron chi connectivity index (χ3n) is 12.1. The fourth-order valence-corrected chi connectivity index (χ4v) is 14.2. The van der Waals surface area contributed by atoms with E-state index in [2.05, 4.69) is 208 Å². The molecule has 332 valence electrons. The number of benzene rings is 10. The van der Waals surface area contributed by atoms with Gasteiger partial charge in [0.2, 0.25) is 0 Å². The van der Waals surface area contributed by atoms with Gasteiger partial charge < -0.3 is 10.2 Å². The number of halogens is 3. The molecular formula is C60H37BrCl2N2S4. The Bertz CT molecular complexity index is 4180. The summed E-state index contributed by atoms with van der Waals surface area (Å²) in [6.07, 6.45) is 0. The number of nitrogens with zero attached hydrogens (tertiary/aromatic N) is 1. The average Bonchev–Trinajstić information content (AvgIpc) is 4.14. The minimum absolute atomic E-state index is 0.779. The summed E-state index contributed by atoms with van der Waals surface area (Å²) in [4.78, 5) is 2.35. The van der Waals surface area contributed by atoms with Crippen LogP contribution in [0.2, 0.25) is 10.0 Å². The summed E-state index contributed by atoms with van der Waals surface area (Å²) in [6.45, 7) is 0. The van der Waals surface area contributed by atoms with E-state index in [9.17, 15) is 0 Å². The average molecular weight is 1070 g/mol. The summed E-state index contributed by atoms with van der Waals surface area (Å²) < 4.78 is 11.5. The summed E-state index contributed by atoms with van der Waals surface area (Å²) in [5.74, 6) is 0. The van der Waals surface area contributed by atoms with Gasteiger partial charge in [-0.05, 0) is 133 Å².